The number of hydrogen-bond donors (Lipinski definition) is 0. The van der Waals surface area contributed by atoms with Gasteiger partial charge in [0.05, 0.1) is 6.54 Å². The quantitative estimate of drug-likeness (QED) is 0.619. The van der Waals surface area contributed by atoms with Crippen molar-refractivity contribution in [2.24, 2.45) is 0 Å². The molecule has 1 amide bonds. The molecule has 3 aromatic rings. The molecule has 1 aromatic heterocycles. The molecule has 29 heavy (non-hydrogen) atoms. The van der Waals surface area contributed by atoms with E-state index in [1.807, 2.05) is 47.4 Å². The van der Waals surface area contributed by atoms with E-state index >= 15 is 0 Å². The molecule has 0 atom stereocenters. The average Bonchev–Trinajstić information content (AvgIpc) is 3.22. The summed E-state index contributed by atoms with van der Waals surface area (Å²) in [6.45, 7) is 3.42. The van der Waals surface area contributed by atoms with E-state index in [9.17, 15) is 4.79 Å². The number of carbonyl (C=O) groups excluding carboxylic acids is 1. The largest absolute Gasteiger partial charge is 0.484 e. The van der Waals surface area contributed by atoms with Gasteiger partial charge in [-0.15, -0.1) is 0 Å². The zero-order valence-corrected chi connectivity index (χ0v) is 16.6. The molecule has 8 heteroatoms. The Bertz CT molecular complexity index is 955. The summed E-state index contributed by atoms with van der Waals surface area (Å²) in [4.78, 5) is 20.8. The van der Waals surface area contributed by atoms with Gasteiger partial charge in [-0.2, -0.15) is 4.98 Å². The summed E-state index contributed by atoms with van der Waals surface area (Å²) in [5.41, 5.74) is 0.796. The molecule has 0 bridgehead atoms. The second-order valence-electron chi connectivity index (χ2n) is 6.78. The molecule has 7 nitrogen and oxygen atoms in total. The fourth-order valence-corrected chi connectivity index (χ4v) is 3.36. The van der Waals surface area contributed by atoms with Crippen molar-refractivity contribution < 1.29 is 14.1 Å². The molecule has 0 spiro atoms. The van der Waals surface area contributed by atoms with E-state index in [1.54, 1.807) is 12.1 Å². The average molecular weight is 413 g/mol. The minimum atomic E-state index is -0.00342. The number of halogens is 1. The lowest BCUT2D eigenvalue weighted by atomic mass is 10.2. The van der Waals surface area contributed by atoms with Crippen LogP contribution in [0, 0.1) is 0 Å². The molecule has 0 saturated carbocycles. The number of ether oxygens (including phenoxy) is 1. The zero-order valence-electron chi connectivity index (χ0n) is 15.8. The highest BCUT2D eigenvalue weighted by Gasteiger charge is 2.22. The summed E-state index contributed by atoms with van der Waals surface area (Å²) in [6, 6.07) is 16.7. The molecule has 1 saturated heterocycles. The maximum Gasteiger partial charge on any atom is 0.260 e. The standard InChI is InChI=1S/C21H21ClN4O3/c22-17-6-4-5-16(13-17)21-23-19(24-29-21)14-25-9-11-26(12-10-25)20(27)15-28-18-7-2-1-3-8-18/h1-8,13H,9-12,14-15H2. The lowest BCUT2D eigenvalue weighted by molar-refractivity contribution is -0.135. The van der Waals surface area contributed by atoms with Crippen LogP contribution in [0.5, 0.6) is 5.75 Å². The molecule has 4 rings (SSSR count). The molecular weight excluding hydrogens is 392 g/mol. The highest BCUT2D eigenvalue weighted by atomic mass is 35.5. The normalized spacial score (nSPS) is 14.7. The Hall–Kier alpha value is -2.90. The minimum absolute atomic E-state index is 0.00342. The van der Waals surface area contributed by atoms with Gasteiger partial charge in [0.1, 0.15) is 5.75 Å². The third-order valence-electron chi connectivity index (χ3n) is 4.74. The number of aromatic nitrogens is 2. The van der Waals surface area contributed by atoms with E-state index in [1.165, 1.54) is 0 Å². The van der Waals surface area contributed by atoms with Gasteiger partial charge < -0.3 is 14.2 Å². The summed E-state index contributed by atoms with van der Waals surface area (Å²) in [6.07, 6.45) is 0. The molecule has 0 radical (unpaired) electrons. The summed E-state index contributed by atoms with van der Waals surface area (Å²) in [5.74, 6) is 1.77. The van der Waals surface area contributed by atoms with E-state index < -0.39 is 0 Å². The van der Waals surface area contributed by atoms with Crippen molar-refractivity contribution >= 4 is 17.5 Å². The monoisotopic (exact) mass is 412 g/mol. The number of rotatable bonds is 6. The Morgan fingerprint density at radius 1 is 1.07 bits per heavy atom. The minimum Gasteiger partial charge on any atom is -0.484 e. The lowest BCUT2D eigenvalue weighted by Gasteiger charge is -2.33. The number of nitrogens with zero attached hydrogens (tertiary/aromatic N) is 4. The van der Waals surface area contributed by atoms with Gasteiger partial charge in [0.2, 0.25) is 0 Å². The highest BCUT2D eigenvalue weighted by molar-refractivity contribution is 6.30. The molecule has 150 valence electrons. The first-order valence-electron chi connectivity index (χ1n) is 9.44. The molecule has 1 aliphatic rings. The summed E-state index contributed by atoms with van der Waals surface area (Å²) >= 11 is 6.01. The number of piperazine rings is 1. The van der Waals surface area contributed by atoms with Crippen molar-refractivity contribution in [1.82, 2.24) is 19.9 Å². The van der Waals surface area contributed by atoms with Crippen molar-refractivity contribution in [2.75, 3.05) is 32.8 Å². The molecule has 1 aliphatic heterocycles. The maximum absolute atomic E-state index is 12.4. The number of para-hydroxylation sites is 1. The predicted octanol–water partition coefficient (Wildman–Crippen LogP) is 3.11. The van der Waals surface area contributed by atoms with Crippen molar-refractivity contribution in [1.29, 1.82) is 0 Å². The summed E-state index contributed by atoms with van der Waals surface area (Å²) < 4.78 is 10.9. The van der Waals surface area contributed by atoms with Crippen LogP contribution in [-0.2, 0) is 11.3 Å². The number of hydrogen-bond acceptors (Lipinski definition) is 6. The number of carbonyl (C=O) groups is 1. The van der Waals surface area contributed by atoms with Gasteiger partial charge in [0.25, 0.3) is 11.8 Å². The first-order chi connectivity index (χ1) is 14.2. The first-order valence-corrected chi connectivity index (χ1v) is 9.82. The van der Waals surface area contributed by atoms with Gasteiger partial charge in [0, 0.05) is 36.8 Å². The molecule has 0 N–H and O–H groups in total. The molecular formula is C21H21ClN4O3. The van der Waals surface area contributed by atoms with Crippen molar-refractivity contribution in [3.8, 4) is 17.2 Å². The van der Waals surface area contributed by atoms with E-state index in [2.05, 4.69) is 15.0 Å². The molecule has 0 unspecified atom stereocenters. The zero-order chi connectivity index (χ0) is 20.1. The molecule has 0 aliphatic carbocycles. The third-order valence-corrected chi connectivity index (χ3v) is 4.97. The Kier molecular flexibility index (Phi) is 6.07. The van der Waals surface area contributed by atoms with Crippen LogP contribution in [0.3, 0.4) is 0 Å². The highest BCUT2D eigenvalue weighted by Crippen LogP contribution is 2.21. The van der Waals surface area contributed by atoms with Gasteiger partial charge in [-0.25, -0.2) is 0 Å². The lowest BCUT2D eigenvalue weighted by Crippen LogP contribution is -2.49. The van der Waals surface area contributed by atoms with Gasteiger partial charge in [-0.05, 0) is 30.3 Å². The van der Waals surface area contributed by atoms with Crippen LogP contribution in [0.1, 0.15) is 5.82 Å². The topological polar surface area (TPSA) is 71.7 Å². The van der Waals surface area contributed by atoms with Crippen LogP contribution in [0.4, 0.5) is 0 Å². The SMILES string of the molecule is O=C(COc1ccccc1)N1CCN(Cc2noc(-c3cccc(Cl)c3)n2)CC1. The molecule has 1 fully saturated rings. The second kappa shape index (κ2) is 9.07. The van der Waals surface area contributed by atoms with E-state index in [0.29, 0.717) is 42.1 Å². The van der Waals surface area contributed by atoms with E-state index in [-0.39, 0.29) is 12.5 Å². The van der Waals surface area contributed by atoms with Gasteiger partial charge in [-0.1, -0.05) is 41.0 Å². The number of benzene rings is 2. The van der Waals surface area contributed by atoms with Crippen LogP contribution in [0.2, 0.25) is 5.02 Å². The Balaban J connectivity index is 1.25. The van der Waals surface area contributed by atoms with Crippen LogP contribution in [0.15, 0.2) is 59.1 Å². The number of amides is 1. The van der Waals surface area contributed by atoms with Gasteiger partial charge in [0.15, 0.2) is 12.4 Å². The molecule has 2 heterocycles. The summed E-state index contributed by atoms with van der Waals surface area (Å²) in [7, 11) is 0. The van der Waals surface area contributed by atoms with Crippen molar-refractivity contribution in [2.45, 2.75) is 6.54 Å². The van der Waals surface area contributed by atoms with E-state index in [4.69, 9.17) is 20.9 Å². The smallest absolute Gasteiger partial charge is 0.260 e. The predicted molar refractivity (Wildman–Crippen MR) is 109 cm³/mol. The maximum atomic E-state index is 12.4. The van der Waals surface area contributed by atoms with Crippen LogP contribution >= 0.6 is 11.6 Å². The van der Waals surface area contributed by atoms with Crippen LogP contribution in [0.25, 0.3) is 11.5 Å². The van der Waals surface area contributed by atoms with Gasteiger partial charge >= 0.3 is 0 Å². The van der Waals surface area contributed by atoms with E-state index in [0.717, 1.165) is 18.7 Å². The Morgan fingerprint density at radius 3 is 2.62 bits per heavy atom. The van der Waals surface area contributed by atoms with Crippen LogP contribution < -0.4 is 4.74 Å². The third kappa shape index (κ3) is 5.13. The first kappa shape index (κ1) is 19.4. The Labute approximate surface area is 173 Å². The van der Waals surface area contributed by atoms with Crippen molar-refractivity contribution in [3.05, 3.63) is 65.4 Å². The fraction of sp³-hybridized carbons (Fsp3) is 0.286. The Morgan fingerprint density at radius 2 is 1.86 bits per heavy atom. The van der Waals surface area contributed by atoms with Crippen LogP contribution in [-0.4, -0.2) is 58.6 Å². The molecule has 2 aromatic carbocycles. The van der Waals surface area contributed by atoms with Gasteiger partial charge in [-0.3, -0.25) is 9.69 Å². The summed E-state index contributed by atoms with van der Waals surface area (Å²) in [5, 5.41) is 4.69. The fourth-order valence-electron chi connectivity index (χ4n) is 3.17. The second-order valence-corrected chi connectivity index (χ2v) is 7.22. The van der Waals surface area contributed by atoms with Crippen molar-refractivity contribution in [3.63, 3.8) is 0 Å².